The largest absolute Gasteiger partial charge is 0.322 e. The molecule has 0 aromatic heterocycles. The lowest BCUT2D eigenvalue weighted by Gasteiger charge is -2.04. The number of carbonyl (C=O) groups excluding carboxylic acids is 1. The normalized spacial score (nSPS) is 11.9. The molecule has 0 amide bonds. The molecule has 1 atom stereocenters. The van der Waals surface area contributed by atoms with E-state index in [9.17, 15) is 4.79 Å². The first-order valence-corrected chi connectivity index (χ1v) is 3.44. The van der Waals surface area contributed by atoms with E-state index in [2.05, 4.69) is 6.92 Å². The summed E-state index contributed by atoms with van der Waals surface area (Å²) < 4.78 is 0. The van der Waals surface area contributed by atoms with Gasteiger partial charge in [0.05, 0.1) is 6.04 Å². The fourth-order valence-electron chi connectivity index (χ4n) is 0.627. The third kappa shape index (κ3) is 6.05. The lowest BCUT2D eigenvalue weighted by Crippen LogP contribution is -2.27. The third-order valence-electron chi connectivity index (χ3n) is 1.39. The molecule has 0 aliphatic carbocycles. The van der Waals surface area contributed by atoms with Gasteiger partial charge in [-0.05, 0) is 13.3 Å². The van der Waals surface area contributed by atoms with E-state index >= 15 is 0 Å². The predicted molar refractivity (Wildman–Crippen MR) is 45.4 cm³/mol. The zero-order chi connectivity index (χ0) is 7.28. The lowest BCUT2D eigenvalue weighted by atomic mass is 10.1. The Balaban J connectivity index is 0. The van der Waals surface area contributed by atoms with Crippen molar-refractivity contribution in [3.63, 3.8) is 0 Å². The van der Waals surface area contributed by atoms with Crippen LogP contribution < -0.4 is 5.73 Å². The van der Waals surface area contributed by atoms with E-state index < -0.39 is 0 Å². The number of Topliss-reactive ketones (excluding diaryl/α,β-unsaturated/α-hetero) is 1. The van der Waals surface area contributed by atoms with Crippen LogP contribution in [0.25, 0.3) is 0 Å². The molecule has 0 rings (SSSR count). The topological polar surface area (TPSA) is 43.1 Å². The van der Waals surface area contributed by atoms with Crippen molar-refractivity contribution in [1.29, 1.82) is 0 Å². The molecule has 0 aliphatic heterocycles. The zero-order valence-electron chi connectivity index (χ0n) is 6.59. The van der Waals surface area contributed by atoms with Crippen LogP contribution in [0.1, 0.15) is 33.1 Å². The van der Waals surface area contributed by atoms with Crippen molar-refractivity contribution in [3.8, 4) is 0 Å². The van der Waals surface area contributed by atoms with Gasteiger partial charge in [-0.15, -0.1) is 12.4 Å². The second kappa shape index (κ2) is 7.03. The van der Waals surface area contributed by atoms with E-state index in [1.807, 2.05) is 0 Å². The summed E-state index contributed by atoms with van der Waals surface area (Å²) in [7, 11) is 0. The molecule has 3 heteroatoms. The first-order valence-electron chi connectivity index (χ1n) is 3.44. The summed E-state index contributed by atoms with van der Waals surface area (Å²) in [6.45, 7) is 3.63. The minimum Gasteiger partial charge on any atom is -0.322 e. The van der Waals surface area contributed by atoms with E-state index in [-0.39, 0.29) is 24.2 Å². The van der Waals surface area contributed by atoms with Crippen molar-refractivity contribution in [2.45, 2.75) is 39.2 Å². The average Bonchev–Trinajstić information content (AvgIpc) is 1.82. The fourth-order valence-corrected chi connectivity index (χ4v) is 0.627. The van der Waals surface area contributed by atoms with Gasteiger partial charge in [0.25, 0.3) is 0 Å². The van der Waals surface area contributed by atoms with Gasteiger partial charge in [0.15, 0.2) is 0 Å². The van der Waals surface area contributed by atoms with Crippen molar-refractivity contribution in [1.82, 2.24) is 0 Å². The van der Waals surface area contributed by atoms with Crippen LogP contribution in [0, 0.1) is 0 Å². The van der Waals surface area contributed by atoms with Crippen molar-refractivity contribution >= 4 is 18.2 Å². The van der Waals surface area contributed by atoms with Crippen LogP contribution in [-0.4, -0.2) is 11.8 Å². The lowest BCUT2D eigenvalue weighted by molar-refractivity contribution is -0.118. The van der Waals surface area contributed by atoms with Gasteiger partial charge in [-0.25, -0.2) is 0 Å². The number of nitrogens with two attached hydrogens (primary N) is 1. The Morgan fingerprint density at radius 1 is 1.60 bits per heavy atom. The number of halogens is 1. The maximum Gasteiger partial charge on any atom is 0.146 e. The van der Waals surface area contributed by atoms with Crippen LogP contribution >= 0.6 is 12.4 Å². The molecular weight excluding hydrogens is 150 g/mol. The molecule has 0 fully saturated rings. The molecule has 2 N–H and O–H groups in total. The molecule has 0 heterocycles. The third-order valence-corrected chi connectivity index (χ3v) is 1.39. The van der Waals surface area contributed by atoms with Gasteiger partial charge in [-0.2, -0.15) is 0 Å². The van der Waals surface area contributed by atoms with Gasteiger partial charge in [0, 0.05) is 0 Å². The minimum absolute atomic E-state index is 0. The first-order chi connectivity index (χ1) is 4.18. The number of unbranched alkanes of at least 4 members (excludes halogenated alkanes) is 1. The van der Waals surface area contributed by atoms with Crippen molar-refractivity contribution < 1.29 is 4.79 Å². The molecule has 10 heavy (non-hydrogen) atoms. The average molecular weight is 166 g/mol. The number of hydrogen-bond acceptors (Lipinski definition) is 2. The van der Waals surface area contributed by atoms with Crippen LogP contribution in [0.4, 0.5) is 0 Å². The highest BCUT2D eigenvalue weighted by atomic mass is 35.5. The second-order valence-electron chi connectivity index (χ2n) is 2.36. The van der Waals surface area contributed by atoms with Crippen molar-refractivity contribution in [3.05, 3.63) is 0 Å². The van der Waals surface area contributed by atoms with Crippen LogP contribution in [0.3, 0.4) is 0 Å². The predicted octanol–water partition coefficient (Wildman–Crippen LogP) is 1.51. The number of hydrogen-bond donors (Lipinski definition) is 1. The number of rotatable bonds is 4. The van der Waals surface area contributed by atoms with Crippen LogP contribution in [-0.2, 0) is 4.79 Å². The summed E-state index contributed by atoms with van der Waals surface area (Å²) in [4.78, 5) is 10.5. The highest BCUT2D eigenvalue weighted by Gasteiger charge is 2.05. The summed E-state index contributed by atoms with van der Waals surface area (Å²) in [5.74, 6) is 0.100. The molecule has 0 saturated heterocycles. The summed E-state index contributed by atoms with van der Waals surface area (Å²) in [5, 5.41) is 0. The first kappa shape index (κ1) is 12.6. The smallest absolute Gasteiger partial charge is 0.146 e. The standard InChI is InChI=1S/C7H15NO.ClH/c1-3-4-5-7(8)6(2)9;/h7H,3-5,8H2,1-2H3;1H. The second-order valence-corrected chi connectivity index (χ2v) is 2.36. The summed E-state index contributed by atoms with van der Waals surface area (Å²) >= 11 is 0. The summed E-state index contributed by atoms with van der Waals surface area (Å²) in [6, 6.07) is -0.218. The monoisotopic (exact) mass is 165 g/mol. The van der Waals surface area contributed by atoms with Gasteiger partial charge in [0.2, 0.25) is 0 Å². The highest BCUT2D eigenvalue weighted by molar-refractivity contribution is 5.85. The zero-order valence-corrected chi connectivity index (χ0v) is 7.41. The Morgan fingerprint density at radius 2 is 2.10 bits per heavy atom. The number of ketones is 1. The Bertz CT molecular complexity index is 95.6. The van der Waals surface area contributed by atoms with Gasteiger partial charge in [-0.1, -0.05) is 19.8 Å². The molecule has 2 nitrogen and oxygen atoms in total. The van der Waals surface area contributed by atoms with Gasteiger partial charge < -0.3 is 5.73 Å². The van der Waals surface area contributed by atoms with Crippen molar-refractivity contribution in [2.75, 3.05) is 0 Å². The molecule has 0 aromatic rings. The Kier molecular flexibility index (Phi) is 8.85. The van der Waals surface area contributed by atoms with E-state index in [0.717, 1.165) is 19.3 Å². The minimum atomic E-state index is -0.218. The Hall–Kier alpha value is -0.0800. The molecule has 0 radical (unpaired) electrons. The molecule has 0 bridgehead atoms. The van der Waals surface area contributed by atoms with Crippen LogP contribution in [0.15, 0.2) is 0 Å². The van der Waals surface area contributed by atoms with E-state index in [4.69, 9.17) is 5.73 Å². The Labute approximate surface area is 68.6 Å². The number of carbonyl (C=O) groups is 1. The molecule has 1 unspecified atom stereocenters. The Morgan fingerprint density at radius 3 is 2.40 bits per heavy atom. The van der Waals surface area contributed by atoms with Crippen LogP contribution in [0.2, 0.25) is 0 Å². The van der Waals surface area contributed by atoms with Crippen LogP contribution in [0.5, 0.6) is 0 Å². The van der Waals surface area contributed by atoms with Gasteiger partial charge >= 0.3 is 0 Å². The molecule has 0 spiro atoms. The van der Waals surface area contributed by atoms with Gasteiger partial charge in [0.1, 0.15) is 5.78 Å². The van der Waals surface area contributed by atoms with E-state index in [1.165, 1.54) is 0 Å². The fraction of sp³-hybridized carbons (Fsp3) is 0.857. The summed E-state index contributed by atoms with van der Waals surface area (Å²) in [5.41, 5.74) is 5.45. The molecule has 0 aromatic carbocycles. The van der Waals surface area contributed by atoms with E-state index in [1.54, 1.807) is 6.92 Å². The molecule has 0 saturated carbocycles. The maximum atomic E-state index is 10.5. The van der Waals surface area contributed by atoms with Gasteiger partial charge in [-0.3, -0.25) is 4.79 Å². The molecule has 62 valence electrons. The molecular formula is C7H16ClNO. The van der Waals surface area contributed by atoms with E-state index in [0.29, 0.717) is 0 Å². The van der Waals surface area contributed by atoms with Crippen molar-refractivity contribution in [2.24, 2.45) is 5.73 Å². The highest BCUT2D eigenvalue weighted by Crippen LogP contribution is 1.97. The molecule has 0 aliphatic rings. The summed E-state index contributed by atoms with van der Waals surface area (Å²) in [6.07, 6.45) is 3.01. The quantitative estimate of drug-likeness (QED) is 0.687. The SMILES string of the molecule is CCCCC(N)C(C)=O.Cl. The maximum absolute atomic E-state index is 10.5.